The van der Waals surface area contributed by atoms with Crippen LogP contribution in [-0.4, -0.2) is 15.8 Å². The number of hydrogen-bond donors (Lipinski definition) is 1. The smallest absolute Gasteiger partial charge is 0.226 e. The Hall–Kier alpha value is -2.67. The van der Waals surface area contributed by atoms with Crippen molar-refractivity contribution in [2.45, 2.75) is 32.1 Å². The lowest BCUT2D eigenvalue weighted by atomic mass is 9.59. The van der Waals surface area contributed by atoms with Crippen LogP contribution in [0, 0.1) is 18.4 Å². The van der Waals surface area contributed by atoms with Crippen LogP contribution in [0.5, 0.6) is 0 Å². The molecule has 0 aliphatic heterocycles. The van der Waals surface area contributed by atoms with Crippen molar-refractivity contribution in [3.63, 3.8) is 0 Å². The van der Waals surface area contributed by atoms with Crippen molar-refractivity contribution < 1.29 is 6.22 Å². The molecular weight excluding hydrogens is 298 g/mol. The van der Waals surface area contributed by atoms with Crippen LogP contribution >= 0.6 is 0 Å². The molecule has 0 bridgehead atoms. The standard InChI is InChI=1S/C20H19N3O.H2/c1-12-14-9-10-15-18(20(14,2)11-16(21-3)17(12)24)23-19(22-15)13-7-5-4-6-8-13;/h4-8,11-12,14H,9-10H2,1-2H3,(H,22,23);1H/t12-,14-,20-;/m0./s1/i;1+2. The quantitative estimate of drug-likeness (QED) is 0.802. The van der Waals surface area contributed by atoms with Crippen LogP contribution in [0.1, 0.15) is 33.1 Å². The van der Waals surface area contributed by atoms with Crippen molar-refractivity contribution in [1.82, 2.24) is 9.97 Å². The Balaban J connectivity index is 0.00000182. The normalized spacial score (nSPS) is 28.5. The average molecular weight is 321 g/mol. The molecule has 1 heterocycles. The van der Waals surface area contributed by atoms with Crippen molar-refractivity contribution in [1.29, 1.82) is 0 Å². The van der Waals surface area contributed by atoms with Gasteiger partial charge in [-0.25, -0.2) is 9.83 Å². The highest BCUT2D eigenvalue weighted by molar-refractivity contribution is 6.00. The van der Waals surface area contributed by atoms with E-state index < -0.39 is 0 Å². The number of Topliss-reactive ketones (excluding diaryl/α,β-unsaturated/α-hetero) is 1. The second kappa shape index (κ2) is 5.17. The van der Waals surface area contributed by atoms with Crippen LogP contribution in [0.2, 0.25) is 0 Å². The number of imidazole rings is 1. The van der Waals surface area contributed by atoms with Crippen molar-refractivity contribution in [2.75, 3.05) is 0 Å². The van der Waals surface area contributed by atoms with Gasteiger partial charge in [0.15, 0.2) is 5.78 Å². The van der Waals surface area contributed by atoms with E-state index >= 15 is 0 Å². The van der Waals surface area contributed by atoms with Gasteiger partial charge < -0.3 is 9.78 Å². The molecule has 1 aromatic heterocycles. The van der Waals surface area contributed by atoms with E-state index in [-0.39, 0.29) is 30.2 Å². The molecule has 1 aromatic carbocycles. The van der Waals surface area contributed by atoms with Crippen molar-refractivity contribution in [3.05, 3.63) is 64.9 Å². The Morgan fingerprint density at radius 3 is 2.83 bits per heavy atom. The van der Waals surface area contributed by atoms with Crippen LogP contribution in [0.25, 0.3) is 16.2 Å². The zero-order valence-corrected chi connectivity index (χ0v) is 13.8. The van der Waals surface area contributed by atoms with Crippen LogP contribution in [0.15, 0.2) is 42.1 Å². The number of ketones is 1. The number of carbonyl (C=O) groups is 1. The predicted octanol–water partition coefficient (Wildman–Crippen LogP) is 4.16. The maximum Gasteiger partial charge on any atom is 0.226 e. The Bertz CT molecular complexity index is 893. The Labute approximate surface area is 142 Å². The lowest BCUT2D eigenvalue weighted by molar-refractivity contribution is -0.121. The van der Waals surface area contributed by atoms with E-state index in [2.05, 4.69) is 16.8 Å². The molecule has 4 heteroatoms. The summed E-state index contributed by atoms with van der Waals surface area (Å²) in [6.45, 7) is 11.4. The van der Waals surface area contributed by atoms with Crippen molar-refractivity contribution in [3.8, 4) is 11.4 Å². The third-order valence-electron chi connectivity index (χ3n) is 5.64. The molecule has 3 atom stereocenters. The first kappa shape index (κ1) is 14.9. The number of nitrogens with one attached hydrogen (secondary N) is 1. The molecular formula is C20H21N3O. The molecule has 0 unspecified atom stereocenters. The summed E-state index contributed by atoms with van der Waals surface area (Å²) in [6.07, 6.45) is 3.70. The summed E-state index contributed by atoms with van der Waals surface area (Å²) < 4.78 is 0. The topological polar surface area (TPSA) is 50.1 Å². The average Bonchev–Trinajstić information content (AvgIpc) is 3.05. The summed E-state index contributed by atoms with van der Waals surface area (Å²) in [5.41, 5.74) is 3.09. The zero-order chi connectivity index (χ0) is 16.9. The highest BCUT2D eigenvalue weighted by atomic mass is 16.1. The summed E-state index contributed by atoms with van der Waals surface area (Å²) in [7, 11) is 0. The van der Waals surface area contributed by atoms with Gasteiger partial charge in [0.25, 0.3) is 0 Å². The fraction of sp³-hybridized carbons (Fsp3) is 0.350. The van der Waals surface area contributed by atoms with Gasteiger partial charge >= 0.3 is 0 Å². The molecule has 2 aliphatic rings. The minimum atomic E-state index is -0.357. The molecule has 0 radical (unpaired) electrons. The monoisotopic (exact) mass is 321 g/mol. The van der Waals surface area contributed by atoms with E-state index in [0.29, 0.717) is 0 Å². The number of nitrogens with zero attached hydrogens (tertiary/aromatic N) is 2. The molecule has 0 fully saturated rings. The van der Waals surface area contributed by atoms with E-state index in [1.54, 1.807) is 0 Å². The molecule has 0 saturated carbocycles. The third-order valence-corrected chi connectivity index (χ3v) is 5.64. The molecule has 4 rings (SSSR count). The highest BCUT2D eigenvalue weighted by Crippen LogP contribution is 2.49. The summed E-state index contributed by atoms with van der Waals surface area (Å²) in [5, 5.41) is 0. The first-order chi connectivity index (χ1) is 11.5. The van der Waals surface area contributed by atoms with Gasteiger partial charge in [0.05, 0.1) is 12.3 Å². The van der Waals surface area contributed by atoms with E-state index in [4.69, 9.17) is 11.6 Å². The van der Waals surface area contributed by atoms with E-state index in [0.717, 1.165) is 35.6 Å². The number of aryl methyl sites for hydroxylation is 1. The fourth-order valence-corrected chi connectivity index (χ4v) is 4.35. The maximum absolute atomic E-state index is 12.4. The molecule has 4 nitrogen and oxygen atoms in total. The van der Waals surface area contributed by atoms with Gasteiger partial charge in [0.2, 0.25) is 5.70 Å². The molecule has 0 spiro atoms. The van der Waals surface area contributed by atoms with Gasteiger partial charge in [-0.05, 0) is 18.8 Å². The number of aromatic amines is 1. The van der Waals surface area contributed by atoms with Gasteiger partial charge in [0, 0.05) is 24.0 Å². The third kappa shape index (κ3) is 1.98. The number of aromatic nitrogens is 2. The minimum absolute atomic E-state index is 0. The number of allylic oxidation sites excluding steroid dienone is 2. The largest absolute Gasteiger partial charge is 0.342 e. The lowest BCUT2D eigenvalue weighted by Crippen LogP contribution is -2.45. The number of rotatable bonds is 1. The SMILES string of the molecule is [3HH].[C-]#[N+]C1=C[C@]2(C)c3nc(-c4ccccc4)[nH]c3CC[C@H]2[C@H](C)C1=O. The van der Waals surface area contributed by atoms with Crippen LogP contribution in [0.3, 0.4) is 0 Å². The van der Waals surface area contributed by atoms with Crippen molar-refractivity contribution >= 4 is 5.78 Å². The van der Waals surface area contributed by atoms with E-state index in [9.17, 15) is 4.79 Å². The highest BCUT2D eigenvalue weighted by Gasteiger charge is 2.49. The van der Waals surface area contributed by atoms with Crippen molar-refractivity contribution in [2.24, 2.45) is 11.8 Å². The van der Waals surface area contributed by atoms with E-state index in [1.165, 1.54) is 0 Å². The number of fused-ring (bicyclic) bond motifs is 3. The fourth-order valence-electron chi connectivity index (χ4n) is 4.35. The number of carbonyl (C=O) groups excluding carboxylic acids is 1. The van der Waals surface area contributed by atoms with Gasteiger partial charge in [-0.1, -0.05) is 50.3 Å². The van der Waals surface area contributed by atoms with Gasteiger partial charge in [-0.2, -0.15) is 0 Å². The minimum Gasteiger partial charge on any atom is -0.342 e. The predicted molar refractivity (Wildman–Crippen MR) is 94.2 cm³/mol. The summed E-state index contributed by atoms with van der Waals surface area (Å²) in [4.78, 5) is 24.2. The molecule has 24 heavy (non-hydrogen) atoms. The van der Waals surface area contributed by atoms with Gasteiger partial charge in [0.1, 0.15) is 5.82 Å². The molecule has 2 aliphatic carbocycles. The second-order valence-corrected chi connectivity index (χ2v) is 7.00. The number of H-pyrrole nitrogens is 1. The summed E-state index contributed by atoms with van der Waals surface area (Å²) in [5.74, 6) is 0.920. The number of hydrogen-bond acceptors (Lipinski definition) is 2. The van der Waals surface area contributed by atoms with E-state index in [1.807, 2.05) is 43.3 Å². The lowest BCUT2D eigenvalue weighted by Gasteiger charge is -2.44. The summed E-state index contributed by atoms with van der Waals surface area (Å²) in [6, 6.07) is 10.1. The zero-order valence-electron chi connectivity index (χ0n) is 13.8. The first-order valence-corrected chi connectivity index (χ1v) is 8.34. The molecule has 122 valence electrons. The Morgan fingerprint density at radius 2 is 2.12 bits per heavy atom. The Kier molecular flexibility index (Phi) is 3.21. The van der Waals surface area contributed by atoms with Gasteiger partial charge in [-0.3, -0.25) is 0 Å². The number of benzene rings is 1. The van der Waals surface area contributed by atoms with Crippen LogP contribution < -0.4 is 0 Å². The second-order valence-electron chi connectivity index (χ2n) is 7.00. The molecule has 0 amide bonds. The summed E-state index contributed by atoms with van der Waals surface area (Å²) >= 11 is 0. The first-order valence-electron chi connectivity index (χ1n) is 8.34. The molecule has 0 saturated heterocycles. The van der Waals surface area contributed by atoms with Gasteiger partial charge in [-0.15, -0.1) is 0 Å². The molecule has 2 aromatic rings. The van der Waals surface area contributed by atoms with Crippen LogP contribution in [-0.2, 0) is 16.6 Å². The molecule has 1 N–H and O–H groups in total. The van der Waals surface area contributed by atoms with Crippen LogP contribution in [0.4, 0.5) is 0 Å². The maximum atomic E-state index is 12.4. The Morgan fingerprint density at radius 1 is 1.38 bits per heavy atom.